The molecule has 0 aliphatic carbocycles. The minimum atomic E-state index is -3.62. The minimum absolute atomic E-state index is 0.0522. The van der Waals surface area contributed by atoms with Crippen LogP contribution in [0.1, 0.15) is 34.1 Å². The summed E-state index contributed by atoms with van der Waals surface area (Å²) < 4.78 is 34.0. The minimum Gasteiger partial charge on any atom is -0.465 e. The molecule has 0 N–H and O–H groups in total. The molecular formula is C13H23NO6S. The van der Waals surface area contributed by atoms with Crippen LogP contribution in [0, 0.1) is 0 Å². The van der Waals surface area contributed by atoms with Gasteiger partial charge in [0.15, 0.2) is 9.84 Å². The molecule has 1 fully saturated rings. The number of sulfone groups is 1. The van der Waals surface area contributed by atoms with Gasteiger partial charge in [0.1, 0.15) is 11.4 Å². The summed E-state index contributed by atoms with van der Waals surface area (Å²) in [7, 11) is -3.62. The molecule has 8 heteroatoms. The molecule has 0 saturated carbocycles. The smallest absolute Gasteiger partial charge is 0.410 e. The lowest BCUT2D eigenvalue weighted by Gasteiger charge is -2.24. The summed E-state index contributed by atoms with van der Waals surface area (Å²) in [6.07, 6.45) is -0.225. The van der Waals surface area contributed by atoms with Gasteiger partial charge >= 0.3 is 12.1 Å². The highest BCUT2D eigenvalue weighted by atomic mass is 32.2. The fraction of sp³-hybridized carbons (Fsp3) is 0.846. The number of rotatable bonds is 4. The summed E-state index contributed by atoms with van der Waals surface area (Å²) in [5, 5.41) is -0.741. The van der Waals surface area contributed by atoms with Gasteiger partial charge in [-0.2, -0.15) is 0 Å². The van der Waals surface area contributed by atoms with Gasteiger partial charge in [-0.15, -0.1) is 0 Å². The maximum atomic E-state index is 12.1. The molecule has 1 unspecified atom stereocenters. The van der Waals surface area contributed by atoms with Crippen molar-refractivity contribution in [2.45, 2.75) is 45.0 Å². The van der Waals surface area contributed by atoms with Crippen molar-refractivity contribution in [3.63, 3.8) is 0 Å². The van der Waals surface area contributed by atoms with E-state index in [1.165, 1.54) is 4.90 Å². The van der Waals surface area contributed by atoms with Crippen LogP contribution in [0.4, 0.5) is 4.79 Å². The fourth-order valence-corrected chi connectivity index (χ4v) is 3.52. The molecule has 21 heavy (non-hydrogen) atoms. The highest BCUT2D eigenvalue weighted by Gasteiger charge is 2.38. The van der Waals surface area contributed by atoms with Crippen LogP contribution in [-0.2, 0) is 24.1 Å². The number of hydrogen-bond acceptors (Lipinski definition) is 6. The molecule has 1 rings (SSSR count). The molecule has 7 nitrogen and oxygen atoms in total. The largest absolute Gasteiger partial charge is 0.465 e. The molecule has 0 spiro atoms. The van der Waals surface area contributed by atoms with E-state index in [9.17, 15) is 18.0 Å². The van der Waals surface area contributed by atoms with Crippen molar-refractivity contribution in [2.75, 3.05) is 25.4 Å². The van der Waals surface area contributed by atoms with Crippen molar-refractivity contribution >= 4 is 21.9 Å². The van der Waals surface area contributed by atoms with Gasteiger partial charge in [-0.25, -0.2) is 13.2 Å². The van der Waals surface area contributed by atoms with Gasteiger partial charge in [-0.05, 0) is 34.1 Å². The highest BCUT2D eigenvalue weighted by Crippen LogP contribution is 2.20. The first kappa shape index (κ1) is 17.7. The van der Waals surface area contributed by atoms with Gasteiger partial charge in [-0.3, -0.25) is 4.79 Å². The van der Waals surface area contributed by atoms with Crippen molar-refractivity contribution in [2.24, 2.45) is 0 Å². The van der Waals surface area contributed by atoms with Gasteiger partial charge in [0.05, 0.1) is 11.9 Å². The summed E-state index contributed by atoms with van der Waals surface area (Å²) in [5.74, 6) is -1.40. The Morgan fingerprint density at radius 1 is 1.29 bits per heavy atom. The van der Waals surface area contributed by atoms with Crippen LogP contribution >= 0.6 is 0 Å². The Kier molecular flexibility index (Phi) is 5.61. The first-order valence-electron chi connectivity index (χ1n) is 6.90. The van der Waals surface area contributed by atoms with E-state index in [-0.39, 0.29) is 13.2 Å². The van der Waals surface area contributed by atoms with Crippen LogP contribution in [0.2, 0.25) is 0 Å². The van der Waals surface area contributed by atoms with Crippen LogP contribution in [0.15, 0.2) is 0 Å². The number of hydrogen-bond donors (Lipinski definition) is 0. The molecule has 1 aliphatic rings. The summed E-state index contributed by atoms with van der Waals surface area (Å²) in [5.41, 5.74) is -0.626. The molecule has 0 bridgehead atoms. The van der Waals surface area contributed by atoms with E-state index < -0.39 is 38.5 Å². The van der Waals surface area contributed by atoms with Gasteiger partial charge in [0.25, 0.3) is 0 Å². The number of amides is 1. The second kappa shape index (κ2) is 6.64. The molecule has 1 atom stereocenters. The number of likely N-dealkylation sites (tertiary alicyclic amines) is 1. The van der Waals surface area contributed by atoms with Crippen molar-refractivity contribution in [1.82, 2.24) is 4.90 Å². The van der Waals surface area contributed by atoms with E-state index >= 15 is 0 Å². The van der Waals surface area contributed by atoms with E-state index in [1.807, 2.05) is 0 Å². The maximum absolute atomic E-state index is 12.1. The van der Waals surface area contributed by atoms with E-state index in [4.69, 9.17) is 4.74 Å². The molecular weight excluding hydrogens is 298 g/mol. The molecule has 0 aromatic heterocycles. The second-order valence-corrected chi connectivity index (χ2v) is 8.23. The number of ether oxygens (including phenoxy) is 2. The number of esters is 1. The maximum Gasteiger partial charge on any atom is 0.410 e. The van der Waals surface area contributed by atoms with Crippen LogP contribution in [-0.4, -0.2) is 61.7 Å². The zero-order valence-corrected chi connectivity index (χ0v) is 13.7. The molecule has 0 aromatic carbocycles. The fourth-order valence-electron chi connectivity index (χ4n) is 2.00. The first-order valence-corrected chi connectivity index (χ1v) is 8.62. The van der Waals surface area contributed by atoms with Gasteiger partial charge in [0, 0.05) is 13.1 Å². The highest BCUT2D eigenvalue weighted by molar-refractivity contribution is 7.92. The Hall–Kier alpha value is -1.31. The van der Waals surface area contributed by atoms with E-state index in [0.717, 1.165) is 0 Å². The average Bonchev–Trinajstić information content (AvgIpc) is 2.75. The van der Waals surface area contributed by atoms with E-state index in [0.29, 0.717) is 13.0 Å². The van der Waals surface area contributed by atoms with Crippen LogP contribution in [0.3, 0.4) is 0 Å². The average molecular weight is 321 g/mol. The predicted molar refractivity (Wildman–Crippen MR) is 76.6 cm³/mol. The third-order valence-corrected chi connectivity index (χ3v) is 4.97. The molecule has 1 aliphatic heterocycles. The predicted octanol–water partition coefficient (Wildman–Crippen LogP) is 0.974. The summed E-state index contributed by atoms with van der Waals surface area (Å²) in [6.45, 7) is 7.35. The number of carbonyl (C=O) groups is 2. The molecule has 1 heterocycles. The topological polar surface area (TPSA) is 90.0 Å². The van der Waals surface area contributed by atoms with Gasteiger partial charge in [0.2, 0.25) is 0 Å². The van der Waals surface area contributed by atoms with Crippen LogP contribution in [0.5, 0.6) is 0 Å². The van der Waals surface area contributed by atoms with Crippen molar-refractivity contribution in [3.05, 3.63) is 0 Å². The van der Waals surface area contributed by atoms with Crippen LogP contribution in [0.25, 0.3) is 0 Å². The summed E-state index contributed by atoms with van der Waals surface area (Å²) in [6, 6.07) is 0. The summed E-state index contributed by atoms with van der Waals surface area (Å²) >= 11 is 0. The van der Waals surface area contributed by atoms with Crippen molar-refractivity contribution in [1.29, 1.82) is 0 Å². The molecule has 122 valence electrons. The van der Waals surface area contributed by atoms with Crippen molar-refractivity contribution in [3.8, 4) is 0 Å². The second-order valence-electron chi connectivity index (χ2n) is 5.95. The van der Waals surface area contributed by atoms with E-state index in [2.05, 4.69) is 4.74 Å². The summed E-state index contributed by atoms with van der Waals surface area (Å²) in [4.78, 5) is 24.5. The Morgan fingerprint density at radius 2 is 1.90 bits per heavy atom. The van der Waals surface area contributed by atoms with Crippen LogP contribution < -0.4 is 0 Å². The van der Waals surface area contributed by atoms with Gasteiger partial charge < -0.3 is 14.4 Å². The third-order valence-electron chi connectivity index (χ3n) is 2.93. The van der Waals surface area contributed by atoms with Crippen molar-refractivity contribution < 1.29 is 27.5 Å². The Labute approximate surface area is 125 Å². The third kappa shape index (κ3) is 5.53. The first-order chi connectivity index (χ1) is 9.55. The zero-order chi connectivity index (χ0) is 16.3. The zero-order valence-electron chi connectivity index (χ0n) is 12.9. The Morgan fingerprint density at radius 3 is 2.43 bits per heavy atom. The number of nitrogens with zero attached hydrogens (tertiary/aromatic N) is 1. The lowest BCUT2D eigenvalue weighted by Crippen LogP contribution is -2.37. The number of carbonyl (C=O) groups excluding carboxylic acids is 2. The molecule has 1 saturated heterocycles. The van der Waals surface area contributed by atoms with Gasteiger partial charge in [-0.1, -0.05) is 0 Å². The quantitative estimate of drug-likeness (QED) is 0.717. The lowest BCUT2D eigenvalue weighted by molar-refractivity contribution is -0.139. The van der Waals surface area contributed by atoms with E-state index in [1.54, 1.807) is 27.7 Å². The normalized spacial score (nSPS) is 19.4. The monoisotopic (exact) mass is 321 g/mol. The molecule has 0 aromatic rings. The molecule has 0 radical (unpaired) electrons. The SMILES string of the molecule is CCOC(=O)CS(=O)(=O)C1CCN(C(=O)OC(C)(C)C)C1. The standard InChI is InChI=1S/C13H23NO6S/c1-5-19-11(15)9-21(17,18)10-6-7-14(8-10)12(16)20-13(2,3)4/h10H,5-9H2,1-4H3. The Balaban J connectivity index is 2.61. The Bertz CT molecular complexity index is 493. The lowest BCUT2D eigenvalue weighted by atomic mass is 10.2. The molecule has 1 amide bonds.